The first-order valence-electron chi connectivity index (χ1n) is 6.43. The van der Waals surface area contributed by atoms with Crippen LogP contribution in [0.5, 0.6) is 11.5 Å². The summed E-state index contributed by atoms with van der Waals surface area (Å²) in [7, 11) is 0. The minimum absolute atomic E-state index is 0.221. The highest BCUT2D eigenvalue weighted by Gasteiger charge is 2.12. The SMILES string of the molecule is Cc1ccc(C(=O)O/N=C/c2ccc3c(c2)OCO3)cc1. The van der Waals surface area contributed by atoms with E-state index in [1.54, 1.807) is 30.3 Å². The van der Waals surface area contributed by atoms with Crippen molar-refractivity contribution in [2.45, 2.75) is 6.92 Å². The van der Waals surface area contributed by atoms with E-state index in [-0.39, 0.29) is 6.79 Å². The number of fused-ring (bicyclic) bond motifs is 1. The van der Waals surface area contributed by atoms with Gasteiger partial charge in [0, 0.05) is 5.56 Å². The van der Waals surface area contributed by atoms with E-state index in [2.05, 4.69) is 5.16 Å². The van der Waals surface area contributed by atoms with Crippen molar-refractivity contribution in [3.63, 3.8) is 0 Å². The molecule has 3 rings (SSSR count). The molecule has 0 unspecified atom stereocenters. The van der Waals surface area contributed by atoms with Crippen LogP contribution in [-0.4, -0.2) is 19.0 Å². The molecule has 0 aromatic heterocycles. The number of benzene rings is 2. The third kappa shape index (κ3) is 3.02. The normalized spacial score (nSPS) is 12.6. The van der Waals surface area contributed by atoms with Crippen molar-refractivity contribution in [1.82, 2.24) is 0 Å². The Bertz CT molecular complexity index is 692. The summed E-state index contributed by atoms with van der Waals surface area (Å²) in [6.07, 6.45) is 1.45. The number of rotatable bonds is 3. The number of nitrogens with zero attached hydrogens (tertiary/aromatic N) is 1. The lowest BCUT2D eigenvalue weighted by Gasteiger charge is -1.99. The minimum Gasteiger partial charge on any atom is -0.454 e. The zero-order valence-corrected chi connectivity index (χ0v) is 11.4. The van der Waals surface area contributed by atoms with Crippen LogP contribution in [0, 0.1) is 6.92 Å². The van der Waals surface area contributed by atoms with Crippen molar-refractivity contribution in [2.24, 2.45) is 5.16 Å². The number of carbonyl (C=O) groups is 1. The molecule has 2 aromatic rings. The Labute approximate surface area is 121 Å². The van der Waals surface area contributed by atoms with Crippen molar-refractivity contribution in [3.05, 3.63) is 59.2 Å². The van der Waals surface area contributed by atoms with Gasteiger partial charge in [-0.25, -0.2) is 4.79 Å². The second kappa shape index (κ2) is 5.66. The van der Waals surface area contributed by atoms with Crippen LogP contribution >= 0.6 is 0 Å². The fourth-order valence-electron chi connectivity index (χ4n) is 1.87. The maximum Gasteiger partial charge on any atom is 0.365 e. The lowest BCUT2D eigenvalue weighted by atomic mass is 10.2. The maximum absolute atomic E-state index is 11.8. The van der Waals surface area contributed by atoms with Gasteiger partial charge in [-0.3, -0.25) is 0 Å². The van der Waals surface area contributed by atoms with Crippen molar-refractivity contribution in [3.8, 4) is 11.5 Å². The number of carbonyl (C=O) groups excluding carboxylic acids is 1. The molecule has 1 aliphatic rings. The van der Waals surface area contributed by atoms with Gasteiger partial charge in [0.1, 0.15) is 0 Å². The van der Waals surface area contributed by atoms with E-state index in [4.69, 9.17) is 14.3 Å². The van der Waals surface area contributed by atoms with Crippen molar-refractivity contribution in [1.29, 1.82) is 0 Å². The van der Waals surface area contributed by atoms with Crippen LogP contribution in [0.1, 0.15) is 21.5 Å². The zero-order valence-electron chi connectivity index (χ0n) is 11.4. The Morgan fingerprint density at radius 2 is 1.90 bits per heavy atom. The summed E-state index contributed by atoms with van der Waals surface area (Å²) in [5.74, 6) is 0.861. The van der Waals surface area contributed by atoms with Gasteiger partial charge in [0.25, 0.3) is 0 Å². The fraction of sp³-hybridized carbons (Fsp3) is 0.125. The van der Waals surface area contributed by atoms with Crippen molar-refractivity contribution < 1.29 is 19.1 Å². The Balaban J connectivity index is 1.64. The smallest absolute Gasteiger partial charge is 0.365 e. The molecule has 0 amide bonds. The summed E-state index contributed by atoms with van der Waals surface area (Å²) in [5.41, 5.74) is 2.30. The summed E-state index contributed by atoms with van der Waals surface area (Å²) < 4.78 is 10.5. The van der Waals surface area contributed by atoms with Crippen LogP contribution in [0.2, 0.25) is 0 Å². The highest BCUT2D eigenvalue weighted by molar-refractivity contribution is 5.90. The van der Waals surface area contributed by atoms with Gasteiger partial charge in [-0.15, -0.1) is 0 Å². The van der Waals surface area contributed by atoms with E-state index in [0.29, 0.717) is 17.1 Å². The predicted octanol–water partition coefficient (Wildman–Crippen LogP) is 2.91. The minimum atomic E-state index is -0.494. The van der Waals surface area contributed by atoms with E-state index in [1.807, 2.05) is 19.1 Å². The first kappa shape index (κ1) is 13.2. The third-order valence-electron chi connectivity index (χ3n) is 3.02. The van der Waals surface area contributed by atoms with Crippen LogP contribution in [0.15, 0.2) is 47.6 Å². The number of ether oxygens (including phenoxy) is 2. The molecule has 1 heterocycles. The van der Waals surface area contributed by atoms with Crippen molar-refractivity contribution >= 4 is 12.2 Å². The van der Waals surface area contributed by atoms with E-state index in [0.717, 1.165) is 11.1 Å². The van der Waals surface area contributed by atoms with Gasteiger partial charge in [-0.05, 0) is 37.3 Å². The monoisotopic (exact) mass is 283 g/mol. The molecule has 0 saturated carbocycles. The average Bonchev–Trinajstić information content (AvgIpc) is 2.95. The summed E-state index contributed by atoms with van der Waals surface area (Å²) in [4.78, 5) is 16.6. The summed E-state index contributed by atoms with van der Waals surface area (Å²) in [5, 5.41) is 3.69. The topological polar surface area (TPSA) is 57.1 Å². The van der Waals surface area contributed by atoms with Crippen LogP contribution in [0.3, 0.4) is 0 Å². The molecule has 0 radical (unpaired) electrons. The first-order chi connectivity index (χ1) is 10.2. The van der Waals surface area contributed by atoms with Gasteiger partial charge in [0.15, 0.2) is 11.5 Å². The van der Waals surface area contributed by atoms with Crippen LogP contribution in [-0.2, 0) is 4.84 Å². The largest absolute Gasteiger partial charge is 0.454 e. The molecular weight excluding hydrogens is 270 g/mol. The van der Waals surface area contributed by atoms with Crippen LogP contribution in [0.25, 0.3) is 0 Å². The average molecular weight is 283 g/mol. The fourth-order valence-corrected chi connectivity index (χ4v) is 1.87. The molecule has 0 fully saturated rings. The Morgan fingerprint density at radius 1 is 1.14 bits per heavy atom. The molecule has 1 aliphatic heterocycles. The number of aryl methyl sites for hydroxylation is 1. The molecule has 0 atom stereocenters. The van der Waals surface area contributed by atoms with E-state index in [1.165, 1.54) is 6.21 Å². The van der Waals surface area contributed by atoms with E-state index in [9.17, 15) is 4.79 Å². The summed E-state index contributed by atoms with van der Waals surface area (Å²) >= 11 is 0. The van der Waals surface area contributed by atoms with Crippen molar-refractivity contribution in [2.75, 3.05) is 6.79 Å². The molecule has 0 N–H and O–H groups in total. The summed E-state index contributed by atoms with van der Waals surface area (Å²) in [6, 6.07) is 12.4. The first-order valence-corrected chi connectivity index (χ1v) is 6.43. The predicted molar refractivity (Wildman–Crippen MR) is 76.8 cm³/mol. The van der Waals surface area contributed by atoms with Gasteiger partial charge in [-0.1, -0.05) is 22.9 Å². The Hall–Kier alpha value is -2.82. The Kier molecular flexibility index (Phi) is 3.55. The quantitative estimate of drug-likeness (QED) is 0.494. The maximum atomic E-state index is 11.8. The second-order valence-electron chi connectivity index (χ2n) is 4.59. The van der Waals surface area contributed by atoms with Crippen LogP contribution in [0.4, 0.5) is 0 Å². The highest BCUT2D eigenvalue weighted by Crippen LogP contribution is 2.31. The molecule has 0 spiro atoms. The molecule has 5 nitrogen and oxygen atoms in total. The van der Waals surface area contributed by atoms with E-state index < -0.39 is 5.97 Å². The lowest BCUT2D eigenvalue weighted by molar-refractivity contribution is 0.0519. The van der Waals surface area contributed by atoms with Gasteiger partial charge in [0.05, 0.1) is 11.8 Å². The van der Waals surface area contributed by atoms with Gasteiger partial charge >= 0.3 is 5.97 Å². The highest BCUT2D eigenvalue weighted by atomic mass is 16.7. The second-order valence-corrected chi connectivity index (χ2v) is 4.59. The molecular formula is C16H13NO4. The standard InChI is InChI=1S/C16H13NO4/c1-11-2-5-13(6-3-11)16(18)21-17-9-12-4-7-14-15(8-12)20-10-19-14/h2-9H,10H2,1H3/b17-9+. The third-order valence-corrected chi connectivity index (χ3v) is 3.02. The van der Waals surface area contributed by atoms with Gasteiger partial charge in [-0.2, -0.15) is 0 Å². The number of hydrogen-bond donors (Lipinski definition) is 0. The number of oxime groups is 1. The molecule has 5 heteroatoms. The van der Waals surface area contributed by atoms with Gasteiger partial charge < -0.3 is 14.3 Å². The molecule has 0 bridgehead atoms. The molecule has 0 aliphatic carbocycles. The van der Waals surface area contributed by atoms with E-state index >= 15 is 0 Å². The van der Waals surface area contributed by atoms with Gasteiger partial charge in [0.2, 0.25) is 6.79 Å². The molecule has 21 heavy (non-hydrogen) atoms. The number of hydrogen-bond acceptors (Lipinski definition) is 5. The van der Waals surface area contributed by atoms with Crippen LogP contribution < -0.4 is 9.47 Å². The Morgan fingerprint density at radius 3 is 2.71 bits per heavy atom. The molecule has 0 saturated heterocycles. The molecule has 2 aromatic carbocycles. The summed E-state index contributed by atoms with van der Waals surface area (Å²) in [6.45, 7) is 2.17. The lowest BCUT2D eigenvalue weighted by Crippen LogP contribution is -2.00. The molecule has 106 valence electrons. The zero-order chi connectivity index (χ0) is 14.7.